The lowest BCUT2D eigenvalue weighted by atomic mass is 10.7. The SMILES string of the molecule is C=CCN[S].C=CCN[S].C=CCN[S].F.F.F. The molecule has 18 heavy (non-hydrogen) atoms. The van der Waals surface area contributed by atoms with Crippen LogP contribution < -0.4 is 14.2 Å². The monoisotopic (exact) mass is 324 g/mol. The van der Waals surface area contributed by atoms with E-state index >= 15 is 0 Å². The predicted octanol–water partition coefficient (Wildman–Crippen LogP) is 3.08. The summed E-state index contributed by atoms with van der Waals surface area (Å²) in [5.41, 5.74) is 0. The molecule has 9 heteroatoms. The van der Waals surface area contributed by atoms with Crippen LogP contribution in [0.15, 0.2) is 38.0 Å². The second-order valence-electron chi connectivity index (χ2n) is 1.91. The Bertz CT molecular complexity index is 120. The molecule has 0 aromatic heterocycles. The highest BCUT2D eigenvalue weighted by Crippen LogP contribution is 1.58. The summed E-state index contributed by atoms with van der Waals surface area (Å²) in [4.78, 5) is 0. The molecule has 0 heterocycles. The van der Waals surface area contributed by atoms with Crippen LogP contribution >= 0.6 is 38.4 Å². The van der Waals surface area contributed by atoms with E-state index in [0.717, 1.165) is 19.6 Å². The quantitative estimate of drug-likeness (QED) is 0.657. The highest BCUT2D eigenvalue weighted by Gasteiger charge is 1.60. The first-order valence-electron chi connectivity index (χ1n) is 4.12. The largest absolute Gasteiger partial charge is 0.269 e. The minimum Gasteiger partial charge on any atom is -0.269 e. The van der Waals surface area contributed by atoms with E-state index in [1.807, 2.05) is 0 Å². The average Bonchev–Trinajstić information content (AvgIpc) is 2.23. The Morgan fingerprint density at radius 3 is 0.778 bits per heavy atom. The van der Waals surface area contributed by atoms with E-state index in [1.54, 1.807) is 18.2 Å². The predicted molar refractivity (Wildman–Crippen MR) is 84.9 cm³/mol. The molecule has 0 aliphatic carbocycles. The van der Waals surface area contributed by atoms with Gasteiger partial charge in [-0.15, -0.1) is 19.7 Å². The third-order valence-electron chi connectivity index (χ3n) is 0.683. The first-order chi connectivity index (χ1) is 7.24. The Morgan fingerprint density at radius 1 is 0.611 bits per heavy atom. The molecule has 0 fully saturated rings. The number of hydrogen-bond donors (Lipinski definition) is 3. The molecule has 0 spiro atoms. The second-order valence-corrected chi connectivity index (χ2v) is 2.78. The maximum atomic E-state index is 4.33. The van der Waals surface area contributed by atoms with Crippen molar-refractivity contribution in [3.8, 4) is 0 Å². The molecule has 0 aromatic carbocycles. The molecule has 0 aliphatic heterocycles. The van der Waals surface area contributed by atoms with Crippen molar-refractivity contribution in [2.24, 2.45) is 0 Å². The van der Waals surface area contributed by atoms with Crippen LogP contribution in [0.5, 0.6) is 0 Å². The molecule has 0 bridgehead atoms. The standard InChI is InChI=1S/3C3H6NS.3FH/c3*1-2-3-4-5;;;/h3*2,4H,1,3H2;3*1H. The van der Waals surface area contributed by atoms with Gasteiger partial charge in [0.25, 0.3) is 0 Å². The van der Waals surface area contributed by atoms with Gasteiger partial charge in [0.15, 0.2) is 0 Å². The summed E-state index contributed by atoms with van der Waals surface area (Å²) in [5.74, 6) is 0. The van der Waals surface area contributed by atoms with Gasteiger partial charge in [-0.25, -0.2) is 14.2 Å². The molecule has 0 saturated heterocycles. The van der Waals surface area contributed by atoms with Gasteiger partial charge in [-0.2, -0.15) is 0 Å². The van der Waals surface area contributed by atoms with Crippen molar-refractivity contribution in [3.05, 3.63) is 38.0 Å². The van der Waals surface area contributed by atoms with Gasteiger partial charge in [0.05, 0.1) is 0 Å². The van der Waals surface area contributed by atoms with Gasteiger partial charge in [-0.1, -0.05) is 18.2 Å². The van der Waals surface area contributed by atoms with Crippen molar-refractivity contribution in [1.82, 2.24) is 14.2 Å². The van der Waals surface area contributed by atoms with Crippen LogP contribution in [0.25, 0.3) is 0 Å². The molecule has 0 aromatic rings. The van der Waals surface area contributed by atoms with Gasteiger partial charge in [-0.05, 0) is 0 Å². The van der Waals surface area contributed by atoms with Crippen molar-refractivity contribution >= 4 is 38.4 Å². The lowest BCUT2D eigenvalue weighted by Crippen LogP contribution is -1.93. The van der Waals surface area contributed by atoms with Crippen molar-refractivity contribution in [1.29, 1.82) is 0 Å². The normalized spacial score (nSPS) is 6.17. The number of nitrogens with one attached hydrogen (secondary N) is 3. The van der Waals surface area contributed by atoms with E-state index in [0.29, 0.717) is 0 Å². The zero-order valence-electron chi connectivity index (χ0n) is 9.92. The lowest BCUT2D eigenvalue weighted by molar-refractivity contribution is 1.11. The fraction of sp³-hybridized carbons (Fsp3) is 0.333. The van der Waals surface area contributed by atoms with Gasteiger partial charge in [0.2, 0.25) is 0 Å². The number of hydrogen-bond acceptors (Lipinski definition) is 3. The maximum Gasteiger partial charge on any atom is 0.0245 e. The van der Waals surface area contributed by atoms with E-state index in [4.69, 9.17) is 0 Å². The Labute approximate surface area is 124 Å². The highest BCUT2D eigenvalue weighted by atomic mass is 32.1. The molecule has 0 amide bonds. The van der Waals surface area contributed by atoms with Crippen LogP contribution in [0, 0.1) is 0 Å². The molecule has 0 unspecified atom stereocenters. The maximum absolute atomic E-state index is 4.33. The Kier molecular flexibility index (Phi) is 108. The van der Waals surface area contributed by atoms with E-state index in [2.05, 4.69) is 72.3 Å². The van der Waals surface area contributed by atoms with E-state index in [9.17, 15) is 0 Å². The summed E-state index contributed by atoms with van der Waals surface area (Å²) in [7, 11) is 0. The average molecular weight is 324 g/mol. The molecule has 111 valence electrons. The van der Waals surface area contributed by atoms with Gasteiger partial charge in [-0.3, -0.25) is 14.1 Å². The van der Waals surface area contributed by atoms with Crippen LogP contribution in [-0.4, -0.2) is 19.6 Å². The highest BCUT2D eigenvalue weighted by molar-refractivity contribution is 7.78. The fourth-order valence-corrected chi connectivity index (χ4v) is 0.530. The molecule has 0 rings (SSSR count). The number of rotatable bonds is 6. The molecule has 0 aliphatic rings. The lowest BCUT2D eigenvalue weighted by Gasteiger charge is -1.76. The van der Waals surface area contributed by atoms with Crippen LogP contribution in [-0.2, 0) is 0 Å². The van der Waals surface area contributed by atoms with Crippen molar-refractivity contribution < 1.29 is 14.1 Å². The summed E-state index contributed by atoms with van der Waals surface area (Å²) in [6.07, 6.45) is 5.15. The molecule has 3 nitrogen and oxygen atoms in total. The van der Waals surface area contributed by atoms with Gasteiger partial charge >= 0.3 is 0 Å². The van der Waals surface area contributed by atoms with Crippen LogP contribution in [0.1, 0.15) is 0 Å². The molecule has 0 atom stereocenters. The minimum absolute atomic E-state index is 0. The summed E-state index contributed by atoms with van der Waals surface area (Å²) in [6.45, 7) is 12.4. The van der Waals surface area contributed by atoms with Gasteiger partial charge < -0.3 is 0 Å². The van der Waals surface area contributed by atoms with Crippen LogP contribution in [0.2, 0.25) is 0 Å². The van der Waals surface area contributed by atoms with E-state index in [-0.39, 0.29) is 14.1 Å². The summed E-state index contributed by atoms with van der Waals surface area (Å²) < 4.78 is 7.45. The zero-order valence-corrected chi connectivity index (χ0v) is 12.4. The first-order valence-corrected chi connectivity index (χ1v) is 5.35. The third-order valence-corrected chi connectivity index (χ3v) is 1.18. The minimum atomic E-state index is 0. The third kappa shape index (κ3) is 101. The summed E-state index contributed by atoms with van der Waals surface area (Å²) >= 11 is 13.0. The van der Waals surface area contributed by atoms with Crippen molar-refractivity contribution in [2.45, 2.75) is 0 Å². The van der Waals surface area contributed by atoms with Gasteiger partial charge in [0.1, 0.15) is 0 Å². The summed E-state index contributed by atoms with van der Waals surface area (Å²) in [6, 6.07) is 0. The van der Waals surface area contributed by atoms with E-state index in [1.165, 1.54) is 0 Å². The summed E-state index contributed by atoms with van der Waals surface area (Å²) in [5, 5.41) is 0. The van der Waals surface area contributed by atoms with Gasteiger partial charge in [0, 0.05) is 58.1 Å². The van der Waals surface area contributed by atoms with Crippen molar-refractivity contribution in [2.75, 3.05) is 19.6 Å². The molecule has 0 saturated carbocycles. The zero-order chi connectivity index (χ0) is 12.4. The fourth-order valence-electron chi connectivity index (χ4n) is 0.177. The van der Waals surface area contributed by atoms with Crippen molar-refractivity contribution in [3.63, 3.8) is 0 Å². The van der Waals surface area contributed by atoms with Crippen LogP contribution in [0.4, 0.5) is 14.1 Å². The Hall–Kier alpha value is -0.0600. The van der Waals surface area contributed by atoms with E-state index < -0.39 is 0 Å². The smallest absolute Gasteiger partial charge is 0.0245 e. The molecular formula is C9H21F3N3S3. The van der Waals surface area contributed by atoms with Crippen LogP contribution in [0.3, 0.4) is 0 Å². The number of halogens is 3. The Morgan fingerprint density at radius 2 is 0.778 bits per heavy atom. The Balaban J connectivity index is -0.0000000277. The first kappa shape index (κ1) is 36.1. The molecular weight excluding hydrogens is 303 g/mol. The second kappa shape index (κ2) is 53.9. The topological polar surface area (TPSA) is 36.1 Å². The molecule has 3 radical (unpaired) electrons. The molecule has 3 N–H and O–H groups in total.